The van der Waals surface area contributed by atoms with E-state index < -0.39 is 4.92 Å². The number of hydrogen-bond donors (Lipinski definition) is 1. The van der Waals surface area contributed by atoms with Crippen LogP contribution in [0.15, 0.2) is 6.20 Å². The van der Waals surface area contributed by atoms with E-state index in [9.17, 15) is 10.1 Å². The largest absolute Gasteiger partial charge is 0.473 e. The molecule has 1 heterocycles. The normalized spacial score (nSPS) is 14.4. The van der Waals surface area contributed by atoms with E-state index in [1.54, 1.807) is 7.05 Å². The van der Waals surface area contributed by atoms with E-state index in [1.165, 1.54) is 12.8 Å². The van der Waals surface area contributed by atoms with Gasteiger partial charge in [0.1, 0.15) is 6.20 Å². The van der Waals surface area contributed by atoms with Gasteiger partial charge < -0.3 is 10.1 Å². The molecule has 0 spiro atoms. The van der Waals surface area contributed by atoms with Crippen LogP contribution in [0.4, 0.5) is 11.6 Å². The second-order valence-corrected chi connectivity index (χ2v) is 3.97. The van der Waals surface area contributed by atoms with E-state index >= 15 is 0 Å². The van der Waals surface area contributed by atoms with Gasteiger partial charge in [0.25, 0.3) is 5.88 Å². The zero-order valence-electron chi connectivity index (χ0n) is 9.55. The van der Waals surface area contributed by atoms with Crippen LogP contribution in [0.5, 0.6) is 5.88 Å². The van der Waals surface area contributed by atoms with E-state index in [0.717, 1.165) is 18.5 Å². The van der Waals surface area contributed by atoms with Gasteiger partial charge in [0.05, 0.1) is 11.5 Å². The summed E-state index contributed by atoms with van der Waals surface area (Å²) in [5.74, 6) is 1.08. The fourth-order valence-electron chi connectivity index (χ4n) is 1.44. The maximum Gasteiger partial charge on any atom is 0.349 e. The summed E-state index contributed by atoms with van der Waals surface area (Å²) in [6.07, 6.45) is 4.55. The molecule has 1 saturated carbocycles. The van der Waals surface area contributed by atoms with Crippen LogP contribution < -0.4 is 10.1 Å². The van der Waals surface area contributed by atoms with Gasteiger partial charge >= 0.3 is 5.69 Å². The highest BCUT2D eigenvalue weighted by atomic mass is 16.6. The van der Waals surface area contributed by atoms with E-state index in [2.05, 4.69) is 15.3 Å². The number of nitro groups is 1. The van der Waals surface area contributed by atoms with Crippen LogP contribution >= 0.6 is 0 Å². The first-order valence-corrected chi connectivity index (χ1v) is 5.52. The molecule has 2 rings (SSSR count). The molecule has 0 radical (unpaired) electrons. The molecule has 0 aliphatic heterocycles. The summed E-state index contributed by atoms with van der Waals surface area (Å²) in [6, 6.07) is 0. The Kier molecular flexibility index (Phi) is 3.36. The van der Waals surface area contributed by atoms with Crippen LogP contribution in [0.25, 0.3) is 0 Å². The van der Waals surface area contributed by atoms with Gasteiger partial charge in [0.15, 0.2) is 0 Å². The van der Waals surface area contributed by atoms with E-state index in [-0.39, 0.29) is 11.6 Å². The molecule has 17 heavy (non-hydrogen) atoms. The van der Waals surface area contributed by atoms with Crippen molar-refractivity contribution in [3.63, 3.8) is 0 Å². The second kappa shape index (κ2) is 4.94. The van der Waals surface area contributed by atoms with Crippen molar-refractivity contribution >= 4 is 11.6 Å². The molecule has 0 aromatic carbocycles. The third-order valence-corrected chi connectivity index (χ3v) is 2.62. The molecule has 1 aromatic heterocycles. The zero-order chi connectivity index (χ0) is 12.3. The molecule has 0 unspecified atom stereocenters. The van der Waals surface area contributed by atoms with Gasteiger partial charge in [-0.2, -0.15) is 4.98 Å². The number of aromatic nitrogens is 2. The van der Waals surface area contributed by atoms with Gasteiger partial charge in [-0.1, -0.05) is 12.8 Å². The van der Waals surface area contributed by atoms with Crippen LogP contribution in [0.3, 0.4) is 0 Å². The van der Waals surface area contributed by atoms with Crippen molar-refractivity contribution in [2.24, 2.45) is 5.92 Å². The molecule has 0 bridgehead atoms. The van der Waals surface area contributed by atoms with Crippen molar-refractivity contribution in [1.29, 1.82) is 0 Å². The molecule has 1 N–H and O–H groups in total. The summed E-state index contributed by atoms with van der Waals surface area (Å²) in [4.78, 5) is 18.0. The highest BCUT2D eigenvalue weighted by Gasteiger charge is 2.23. The Labute approximate surface area is 98.4 Å². The molecular weight excluding hydrogens is 224 g/mol. The third kappa shape index (κ3) is 3.02. The number of nitrogens with one attached hydrogen (secondary N) is 1. The van der Waals surface area contributed by atoms with Gasteiger partial charge in [0.2, 0.25) is 5.95 Å². The number of anilines is 1. The summed E-state index contributed by atoms with van der Waals surface area (Å²) >= 11 is 0. The molecule has 1 aromatic rings. The molecule has 0 saturated heterocycles. The van der Waals surface area contributed by atoms with Crippen molar-refractivity contribution in [3.05, 3.63) is 16.3 Å². The molecule has 0 amide bonds. The van der Waals surface area contributed by atoms with Gasteiger partial charge in [-0.3, -0.25) is 10.1 Å². The molecule has 92 valence electrons. The fraction of sp³-hybridized carbons (Fsp3) is 0.600. The quantitative estimate of drug-likeness (QED) is 0.598. The maximum atomic E-state index is 10.8. The van der Waals surface area contributed by atoms with Crippen LogP contribution in [-0.2, 0) is 0 Å². The first-order valence-electron chi connectivity index (χ1n) is 5.52. The maximum absolute atomic E-state index is 10.8. The van der Waals surface area contributed by atoms with E-state index in [4.69, 9.17) is 4.74 Å². The van der Waals surface area contributed by atoms with Crippen molar-refractivity contribution in [2.75, 3.05) is 19.0 Å². The molecule has 1 fully saturated rings. The van der Waals surface area contributed by atoms with E-state index in [0.29, 0.717) is 12.6 Å². The summed E-state index contributed by atoms with van der Waals surface area (Å²) < 4.78 is 5.36. The van der Waals surface area contributed by atoms with Crippen molar-refractivity contribution in [2.45, 2.75) is 19.3 Å². The number of nitrogens with zero attached hydrogens (tertiary/aromatic N) is 3. The average Bonchev–Trinajstić information content (AvgIpc) is 3.12. The number of rotatable bonds is 6. The van der Waals surface area contributed by atoms with Crippen LogP contribution in [0.2, 0.25) is 0 Å². The predicted molar refractivity (Wildman–Crippen MR) is 61.1 cm³/mol. The monoisotopic (exact) mass is 238 g/mol. The SMILES string of the molecule is CNc1ncc([N+](=O)[O-])c(OCCC2CC2)n1. The lowest BCUT2D eigenvalue weighted by Gasteiger charge is -2.06. The number of ether oxygens (including phenoxy) is 1. The standard InChI is InChI=1S/C10H14N4O3/c1-11-10-12-6-8(14(15)16)9(13-10)17-5-4-7-2-3-7/h6-7H,2-5H2,1H3,(H,11,12,13). The Hall–Kier alpha value is -1.92. The van der Waals surface area contributed by atoms with Crippen molar-refractivity contribution < 1.29 is 9.66 Å². The lowest BCUT2D eigenvalue weighted by Crippen LogP contribution is -2.06. The van der Waals surface area contributed by atoms with Crippen molar-refractivity contribution in [1.82, 2.24) is 9.97 Å². The molecular formula is C10H14N4O3. The van der Waals surface area contributed by atoms with Gasteiger partial charge in [-0.15, -0.1) is 0 Å². The average molecular weight is 238 g/mol. The summed E-state index contributed by atoms with van der Waals surface area (Å²) in [5, 5.41) is 13.5. The summed E-state index contributed by atoms with van der Waals surface area (Å²) in [5.41, 5.74) is -0.195. The minimum atomic E-state index is -0.536. The Morgan fingerprint density at radius 2 is 2.41 bits per heavy atom. The zero-order valence-corrected chi connectivity index (χ0v) is 9.55. The molecule has 7 heteroatoms. The highest BCUT2D eigenvalue weighted by molar-refractivity contribution is 5.42. The van der Waals surface area contributed by atoms with Crippen LogP contribution in [0.1, 0.15) is 19.3 Å². The third-order valence-electron chi connectivity index (χ3n) is 2.62. The Balaban J connectivity index is 2.06. The highest BCUT2D eigenvalue weighted by Crippen LogP contribution is 2.33. The first-order chi connectivity index (χ1) is 8.20. The first kappa shape index (κ1) is 11.6. The minimum Gasteiger partial charge on any atom is -0.473 e. The molecule has 7 nitrogen and oxygen atoms in total. The number of hydrogen-bond acceptors (Lipinski definition) is 6. The smallest absolute Gasteiger partial charge is 0.349 e. The van der Waals surface area contributed by atoms with E-state index in [1.807, 2.05) is 0 Å². The Morgan fingerprint density at radius 1 is 1.65 bits per heavy atom. The Bertz CT molecular complexity index is 420. The lowest BCUT2D eigenvalue weighted by molar-refractivity contribution is -0.386. The fourth-order valence-corrected chi connectivity index (χ4v) is 1.44. The summed E-state index contributed by atoms with van der Waals surface area (Å²) in [7, 11) is 1.65. The Morgan fingerprint density at radius 3 is 3.00 bits per heavy atom. The van der Waals surface area contributed by atoms with Crippen LogP contribution in [-0.4, -0.2) is 28.5 Å². The van der Waals surface area contributed by atoms with Gasteiger partial charge in [-0.05, 0) is 12.3 Å². The lowest BCUT2D eigenvalue weighted by atomic mass is 10.3. The van der Waals surface area contributed by atoms with Gasteiger partial charge in [0, 0.05) is 7.05 Å². The minimum absolute atomic E-state index is 0.0370. The topological polar surface area (TPSA) is 90.2 Å². The molecule has 0 atom stereocenters. The van der Waals surface area contributed by atoms with Crippen molar-refractivity contribution in [3.8, 4) is 5.88 Å². The van der Waals surface area contributed by atoms with Gasteiger partial charge in [-0.25, -0.2) is 4.98 Å². The summed E-state index contributed by atoms with van der Waals surface area (Å²) in [6.45, 7) is 0.464. The van der Waals surface area contributed by atoms with Crippen LogP contribution in [0, 0.1) is 16.0 Å². The predicted octanol–water partition coefficient (Wildman–Crippen LogP) is 1.61. The molecule has 1 aliphatic rings. The second-order valence-electron chi connectivity index (χ2n) is 3.97. The molecule has 1 aliphatic carbocycles.